The lowest BCUT2D eigenvalue weighted by Gasteiger charge is -2.20. The van der Waals surface area contributed by atoms with Gasteiger partial charge in [0.25, 0.3) is 0 Å². The van der Waals surface area contributed by atoms with Gasteiger partial charge in [0, 0.05) is 20.1 Å². The van der Waals surface area contributed by atoms with Crippen LogP contribution in [0.25, 0.3) is 0 Å². The molecule has 1 aromatic rings. The van der Waals surface area contributed by atoms with Gasteiger partial charge in [-0.3, -0.25) is 4.79 Å². The highest BCUT2D eigenvalue weighted by molar-refractivity contribution is 7.89. The third-order valence-corrected chi connectivity index (χ3v) is 5.32. The summed E-state index contributed by atoms with van der Waals surface area (Å²) >= 11 is 0. The molecule has 0 aliphatic carbocycles. The number of sulfonamides is 1. The van der Waals surface area contributed by atoms with Crippen molar-refractivity contribution >= 4 is 39.7 Å². The quantitative estimate of drug-likeness (QED) is 0.679. The van der Waals surface area contributed by atoms with Crippen molar-refractivity contribution in [1.29, 1.82) is 0 Å². The van der Waals surface area contributed by atoms with Crippen molar-refractivity contribution < 1.29 is 13.2 Å². The number of amides is 1. The van der Waals surface area contributed by atoms with Crippen molar-refractivity contribution in [1.82, 2.24) is 4.31 Å². The first kappa shape index (κ1) is 21.6. The molecule has 0 unspecified atom stereocenters. The zero-order chi connectivity index (χ0) is 16.9. The van der Waals surface area contributed by atoms with E-state index in [-0.39, 0.29) is 23.2 Å². The lowest BCUT2D eigenvalue weighted by atomic mass is 10.2. The smallest absolute Gasteiger partial charge is 0.243 e. The minimum absolute atomic E-state index is 0. The Morgan fingerprint density at radius 3 is 2.26 bits per heavy atom. The molecule has 0 aromatic heterocycles. The van der Waals surface area contributed by atoms with Gasteiger partial charge >= 0.3 is 0 Å². The third kappa shape index (κ3) is 5.07. The molecule has 0 spiro atoms. The molecule has 0 saturated carbocycles. The van der Waals surface area contributed by atoms with E-state index in [1.54, 1.807) is 33.9 Å². The second-order valence-electron chi connectivity index (χ2n) is 4.82. The molecule has 23 heavy (non-hydrogen) atoms. The average Bonchev–Trinajstić information content (AvgIpc) is 2.47. The van der Waals surface area contributed by atoms with Crippen molar-refractivity contribution in [3.63, 3.8) is 0 Å². The second kappa shape index (κ2) is 9.07. The molecule has 132 valence electrons. The molecule has 0 radical (unpaired) electrons. The molecule has 1 amide bonds. The van der Waals surface area contributed by atoms with Crippen LogP contribution in [0.4, 0.5) is 11.4 Å². The van der Waals surface area contributed by atoms with E-state index in [1.165, 1.54) is 16.4 Å². The molecule has 0 bridgehead atoms. The predicted octanol–water partition coefficient (Wildman–Crippen LogP) is 1.47. The SMILES string of the molecule is CCN(CC)S(=O)(=O)c1ccc(NC)c(NC(=O)[C@H](C)N)c1.Cl. The number of carbonyl (C=O) groups excluding carboxylic acids is 1. The fourth-order valence-corrected chi connectivity index (χ4v) is 3.45. The first-order valence-corrected chi connectivity index (χ1v) is 8.60. The van der Waals surface area contributed by atoms with E-state index in [0.717, 1.165) is 0 Å². The van der Waals surface area contributed by atoms with Gasteiger partial charge in [-0.1, -0.05) is 13.8 Å². The van der Waals surface area contributed by atoms with Crippen LogP contribution in [-0.2, 0) is 14.8 Å². The van der Waals surface area contributed by atoms with E-state index in [4.69, 9.17) is 5.73 Å². The Morgan fingerprint density at radius 1 is 1.26 bits per heavy atom. The minimum Gasteiger partial charge on any atom is -0.386 e. The Bertz CT molecular complexity index is 631. The topological polar surface area (TPSA) is 105 Å². The standard InChI is InChI=1S/C14H24N4O3S.ClH/c1-5-18(6-2)22(20,21)11-7-8-12(16-4)13(9-11)17-14(19)10(3)15;/h7-10,16H,5-6,15H2,1-4H3,(H,17,19);1H/t10-;/m0./s1. The number of anilines is 2. The van der Waals surface area contributed by atoms with Gasteiger partial charge in [-0.05, 0) is 25.1 Å². The monoisotopic (exact) mass is 364 g/mol. The first-order chi connectivity index (χ1) is 10.3. The molecule has 0 fully saturated rings. The van der Waals surface area contributed by atoms with E-state index < -0.39 is 16.1 Å². The van der Waals surface area contributed by atoms with Gasteiger partial charge in [0.2, 0.25) is 15.9 Å². The number of carbonyl (C=O) groups is 1. The summed E-state index contributed by atoms with van der Waals surface area (Å²) in [4.78, 5) is 11.9. The molecular formula is C14H25ClN4O3S. The van der Waals surface area contributed by atoms with E-state index in [1.807, 2.05) is 0 Å². The highest BCUT2D eigenvalue weighted by Gasteiger charge is 2.23. The summed E-state index contributed by atoms with van der Waals surface area (Å²) in [5, 5.41) is 5.55. The van der Waals surface area contributed by atoms with E-state index in [9.17, 15) is 13.2 Å². The predicted molar refractivity (Wildman–Crippen MR) is 95.6 cm³/mol. The van der Waals surface area contributed by atoms with Crippen LogP contribution in [0, 0.1) is 0 Å². The Balaban J connectivity index is 0.00000484. The summed E-state index contributed by atoms with van der Waals surface area (Å²) in [7, 11) is -1.89. The number of hydrogen-bond acceptors (Lipinski definition) is 5. The zero-order valence-corrected chi connectivity index (χ0v) is 15.4. The van der Waals surface area contributed by atoms with Gasteiger partial charge in [-0.2, -0.15) is 4.31 Å². The summed E-state index contributed by atoms with van der Waals surface area (Å²) in [6, 6.07) is 3.89. The lowest BCUT2D eigenvalue weighted by Crippen LogP contribution is -2.33. The fraction of sp³-hybridized carbons (Fsp3) is 0.500. The van der Waals surface area contributed by atoms with E-state index >= 15 is 0 Å². The molecule has 0 aliphatic rings. The summed E-state index contributed by atoms with van der Waals surface area (Å²) in [5.74, 6) is -0.381. The van der Waals surface area contributed by atoms with E-state index in [0.29, 0.717) is 24.5 Å². The summed E-state index contributed by atoms with van der Waals surface area (Å²) < 4.78 is 26.4. The van der Waals surface area contributed by atoms with Gasteiger partial charge in [0.05, 0.1) is 22.3 Å². The Kier molecular flexibility index (Phi) is 8.54. The summed E-state index contributed by atoms with van der Waals surface area (Å²) in [6.45, 7) is 5.89. The van der Waals surface area contributed by atoms with Crippen molar-refractivity contribution in [2.45, 2.75) is 31.7 Å². The van der Waals surface area contributed by atoms with E-state index in [2.05, 4.69) is 10.6 Å². The molecule has 1 aromatic carbocycles. The fourth-order valence-electron chi connectivity index (χ4n) is 1.96. The molecule has 9 heteroatoms. The molecular weight excluding hydrogens is 340 g/mol. The first-order valence-electron chi connectivity index (χ1n) is 7.16. The number of hydrogen-bond donors (Lipinski definition) is 3. The average molecular weight is 365 g/mol. The number of nitrogens with one attached hydrogen (secondary N) is 2. The second-order valence-corrected chi connectivity index (χ2v) is 6.76. The molecule has 7 nitrogen and oxygen atoms in total. The Labute approximate surface area is 144 Å². The number of halogens is 1. The van der Waals surface area contributed by atoms with Gasteiger partial charge in [0.15, 0.2) is 0 Å². The molecule has 0 aliphatic heterocycles. The van der Waals surface area contributed by atoms with Gasteiger partial charge in [-0.15, -0.1) is 12.4 Å². The van der Waals surface area contributed by atoms with Crippen molar-refractivity contribution in [2.24, 2.45) is 5.73 Å². The molecule has 4 N–H and O–H groups in total. The summed E-state index contributed by atoms with van der Waals surface area (Å²) in [6.07, 6.45) is 0. The Morgan fingerprint density at radius 2 is 1.83 bits per heavy atom. The normalized spacial score (nSPS) is 12.4. The van der Waals surface area contributed by atoms with Gasteiger partial charge in [-0.25, -0.2) is 8.42 Å². The van der Waals surface area contributed by atoms with Crippen LogP contribution in [0.5, 0.6) is 0 Å². The van der Waals surface area contributed by atoms with Crippen molar-refractivity contribution in [2.75, 3.05) is 30.8 Å². The maximum Gasteiger partial charge on any atom is 0.243 e. The van der Waals surface area contributed by atoms with Crippen LogP contribution in [0.1, 0.15) is 20.8 Å². The maximum absolute atomic E-state index is 12.5. The number of nitrogens with two attached hydrogens (primary N) is 1. The number of rotatable bonds is 7. The van der Waals surface area contributed by atoms with Crippen LogP contribution in [0.2, 0.25) is 0 Å². The van der Waals surface area contributed by atoms with Crippen molar-refractivity contribution in [3.05, 3.63) is 18.2 Å². The highest BCUT2D eigenvalue weighted by atomic mass is 35.5. The lowest BCUT2D eigenvalue weighted by molar-refractivity contribution is -0.117. The molecule has 1 atom stereocenters. The van der Waals surface area contributed by atoms with Crippen LogP contribution >= 0.6 is 12.4 Å². The highest BCUT2D eigenvalue weighted by Crippen LogP contribution is 2.27. The van der Waals surface area contributed by atoms with Crippen LogP contribution in [-0.4, -0.2) is 44.8 Å². The summed E-state index contributed by atoms with van der Waals surface area (Å²) in [5.41, 5.74) is 6.54. The van der Waals surface area contributed by atoms with Crippen LogP contribution in [0.15, 0.2) is 23.1 Å². The maximum atomic E-state index is 12.5. The number of benzene rings is 1. The number of nitrogens with zero attached hydrogens (tertiary/aromatic N) is 1. The molecule has 1 rings (SSSR count). The molecule has 0 heterocycles. The Hall–Kier alpha value is -1.35. The zero-order valence-electron chi connectivity index (χ0n) is 13.8. The van der Waals surface area contributed by atoms with Crippen LogP contribution < -0.4 is 16.4 Å². The molecule has 0 saturated heterocycles. The third-order valence-electron chi connectivity index (χ3n) is 3.27. The van der Waals surface area contributed by atoms with Crippen molar-refractivity contribution in [3.8, 4) is 0 Å². The largest absolute Gasteiger partial charge is 0.386 e. The van der Waals surface area contributed by atoms with Crippen LogP contribution in [0.3, 0.4) is 0 Å². The van der Waals surface area contributed by atoms with Gasteiger partial charge in [0.1, 0.15) is 0 Å². The van der Waals surface area contributed by atoms with Gasteiger partial charge < -0.3 is 16.4 Å². The minimum atomic E-state index is -3.58.